The molecule has 0 saturated heterocycles. The molecule has 0 aliphatic rings. The van der Waals surface area contributed by atoms with Crippen LogP contribution in [0.15, 0.2) is 36.4 Å². The maximum Gasteiger partial charge on any atom is 0.129 e. The molecule has 0 bridgehead atoms. The monoisotopic (exact) mass is 277 g/mol. The number of halogens is 2. The lowest BCUT2D eigenvalue weighted by molar-refractivity contribution is 0.576. The van der Waals surface area contributed by atoms with Crippen molar-refractivity contribution in [1.29, 1.82) is 0 Å². The molecule has 2 rings (SSSR count). The van der Waals surface area contributed by atoms with Crippen LogP contribution in [0.25, 0.3) is 0 Å². The summed E-state index contributed by atoms with van der Waals surface area (Å²) >= 11 is 5.80. The van der Waals surface area contributed by atoms with Crippen molar-refractivity contribution in [2.75, 3.05) is 7.05 Å². The van der Waals surface area contributed by atoms with Gasteiger partial charge in [0.15, 0.2) is 0 Å². The molecule has 3 heteroatoms. The van der Waals surface area contributed by atoms with Crippen LogP contribution in [0.1, 0.15) is 28.3 Å². The van der Waals surface area contributed by atoms with Crippen LogP contribution < -0.4 is 5.32 Å². The summed E-state index contributed by atoms with van der Waals surface area (Å²) in [5.41, 5.74) is 4.01. The zero-order valence-electron chi connectivity index (χ0n) is 11.3. The van der Waals surface area contributed by atoms with Gasteiger partial charge in [0.1, 0.15) is 5.82 Å². The summed E-state index contributed by atoms with van der Waals surface area (Å²) in [6.07, 6.45) is 0. The van der Waals surface area contributed by atoms with E-state index in [-0.39, 0.29) is 11.9 Å². The van der Waals surface area contributed by atoms with Gasteiger partial charge in [-0.1, -0.05) is 47.0 Å². The molecule has 0 aromatic heterocycles. The summed E-state index contributed by atoms with van der Waals surface area (Å²) in [7, 11) is 1.83. The second-order valence-electron chi connectivity index (χ2n) is 4.81. The molecular formula is C16H17ClFN. The van der Waals surface area contributed by atoms with Gasteiger partial charge in [-0.15, -0.1) is 0 Å². The smallest absolute Gasteiger partial charge is 0.129 e. The summed E-state index contributed by atoms with van der Waals surface area (Å²) in [5.74, 6) is -0.286. The Morgan fingerprint density at radius 3 is 2.21 bits per heavy atom. The third-order valence-electron chi connectivity index (χ3n) is 3.14. The minimum absolute atomic E-state index is 0.170. The highest BCUT2D eigenvalue weighted by Gasteiger charge is 2.16. The Bertz CT molecular complexity index is 575. The molecule has 100 valence electrons. The Kier molecular flexibility index (Phi) is 4.23. The highest BCUT2D eigenvalue weighted by Crippen LogP contribution is 2.27. The minimum atomic E-state index is -0.286. The van der Waals surface area contributed by atoms with Gasteiger partial charge in [-0.3, -0.25) is 0 Å². The molecule has 2 aromatic carbocycles. The first-order valence-corrected chi connectivity index (χ1v) is 6.59. The van der Waals surface area contributed by atoms with Crippen LogP contribution in [0.3, 0.4) is 0 Å². The van der Waals surface area contributed by atoms with Crippen molar-refractivity contribution in [3.05, 3.63) is 69.5 Å². The average molecular weight is 278 g/mol. The first kappa shape index (κ1) is 14.0. The topological polar surface area (TPSA) is 12.0 Å². The number of nitrogens with one attached hydrogen (secondary N) is 1. The normalized spacial score (nSPS) is 12.5. The summed E-state index contributed by atoms with van der Waals surface area (Å²) in [6.45, 7) is 4.09. The Hall–Kier alpha value is -1.38. The van der Waals surface area contributed by atoms with Crippen LogP contribution in [-0.2, 0) is 0 Å². The predicted octanol–water partition coefficient (Wildman–Crippen LogP) is 4.40. The molecular weight excluding hydrogens is 261 g/mol. The fourth-order valence-corrected chi connectivity index (χ4v) is 2.57. The van der Waals surface area contributed by atoms with Crippen molar-refractivity contribution in [3.63, 3.8) is 0 Å². The quantitative estimate of drug-likeness (QED) is 0.876. The van der Waals surface area contributed by atoms with Crippen molar-refractivity contribution in [2.45, 2.75) is 19.9 Å². The van der Waals surface area contributed by atoms with Crippen LogP contribution in [0, 0.1) is 19.7 Å². The van der Waals surface area contributed by atoms with E-state index in [0.717, 1.165) is 5.56 Å². The van der Waals surface area contributed by atoms with Gasteiger partial charge in [-0.05, 0) is 38.6 Å². The molecule has 2 aromatic rings. The second kappa shape index (κ2) is 5.72. The number of hydrogen-bond donors (Lipinski definition) is 1. The number of aryl methyl sites for hydroxylation is 2. The Morgan fingerprint density at radius 2 is 1.68 bits per heavy atom. The van der Waals surface area contributed by atoms with Crippen molar-refractivity contribution >= 4 is 11.6 Å². The molecule has 0 saturated carbocycles. The molecule has 0 radical (unpaired) electrons. The molecule has 1 unspecified atom stereocenters. The zero-order chi connectivity index (χ0) is 14.0. The summed E-state index contributed by atoms with van der Waals surface area (Å²) in [5, 5.41) is 3.58. The molecule has 0 amide bonds. The Balaban J connectivity index is 2.49. The van der Waals surface area contributed by atoms with E-state index in [1.54, 1.807) is 12.1 Å². The van der Waals surface area contributed by atoms with E-state index < -0.39 is 0 Å². The first-order chi connectivity index (χ1) is 9.01. The highest BCUT2D eigenvalue weighted by atomic mass is 35.5. The summed E-state index contributed by atoms with van der Waals surface area (Å²) in [4.78, 5) is 0. The SMILES string of the molecule is CNC(c1cc(C)cc(C)c1)c1ccc(Cl)cc1F. The van der Waals surface area contributed by atoms with Crippen LogP contribution in [-0.4, -0.2) is 7.05 Å². The van der Waals surface area contributed by atoms with Crippen LogP contribution in [0.4, 0.5) is 4.39 Å². The van der Waals surface area contributed by atoms with Gasteiger partial charge in [0, 0.05) is 10.6 Å². The van der Waals surface area contributed by atoms with Gasteiger partial charge in [0.25, 0.3) is 0 Å². The van der Waals surface area contributed by atoms with E-state index in [2.05, 4.69) is 23.5 Å². The lowest BCUT2D eigenvalue weighted by Crippen LogP contribution is -2.19. The number of hydrogen-bond acceptors (Lipinski definition) is 1. The molecule has 1 N–H and O–H groups in total. The summed E-state index contributed by atoms with van der Waals surface area (Å²) < 4.78 is 14.0. The second-order valence-corrected chi connectivity index (χ2v) is 5.25. The molecule has 0 aliphatic heterocycles. The van der Waals surface area contributed by atoms with E-state index in [1.165, 1.54) is 17.2 Å². The first-order valence-electron chi connectivity index (χ1n) is 6.21. The molecule has 19 heavy (non-hydrogen) atoms. The maximum atomic E-state index is 14.0. The average Bonchev–Trinajstić information content (AvgIpc) is 2.31. The van der Waals surface area contributed by atoms with Crippen molar-refractivity contribution < 1.29 is 4.39 Å². The van der Waals surface area contributed by atoms with E-state index in [0.29, 0.717) is 10.6 Å². The predicted molar refractivity (Wildman–Crippen MR) is 78.2 cm³/mol. The van der Waals surface area contributed by atoms with Crippen LogP contribution in [0.5, 0.6) is 0 Å². The van der Waals surface area contributed by atoms with Crippen LogP contribution >= 0.6 is 11.6 Å². The van der Waals surface area contributed by atoms with Gasteiger partial charge in [-0.25, -0.2) is 4.39 Å². The Labute approximate surface area is 118 Å². The number of benzene rings is 2. The van der Waals surface area contributed by atoms with E-state index in [4.69, 9.17) is 11.6 Å². The standard InChI is InChI=1S/C16H17ClFN/c1-10-6-11(2)8-12(7-10)16(19-3)14-5-4-13(17)9-15(14)18/h4-9,16,19H,1-3H3. The lowest BCUT2D eigenvalue weighted by Gasteiger charge is -2.19. The van der Waals surface area contributed by atoms with Crippen LogP contribution in [0.2, 0.25) is 5.02 Å². The fraction of sp³-hybridized carbons (Fsp3) is 0.250. The third-order valence-corrected chi connectivity index (χ3v) is 3.37. The molecule has 0 aliphatic carbocycles. The minimum Gasteiger partial charge on any atom is -0.309 e. The number of rotatable bonds is 3. The molecule has 0 fully saturated rings. The van der Waals surface area contributed by atoms with Gasteiger partial charge in [-0.2, -0.15) is 0 Å². The van der Waals surface area contributed by atoms with E-state index in [9.17, 15) is 4.39 Å². The van der Waals surface area contributed by atoms with Crippen molar-refractivity contribution in [1.82, 2.24) is 5.32 Å². The Morgan fingerprint density at radius 1 is 1.05 bits per heavy atom. The third kappa shape index (κ3) is 3.14. The van der Waals surface area contributed by atoms with Gasteiger partial charge in [0.2, 0.25) is 0 Å². The lowest BCUT2D eigenvalue weighted by atomic mass is 9.95. The van der Waals surface area contributed by atoms with E-state index in [1.807, 2.05) is 20.9 Å². The molecule has 1 atom stereocenters. The zero-order valence-corrected chi connectivity index (χ0v) is 12.1. The fourth-order valence-electron chi connectivity index (χ4n) is 2.41. The van der Waals surface area contributed by atoms with Gasteiger partial charge in [0.05, 0.1) is 6.04 Å². The van der Waals surface area contributed by atoms with Crippen molar-refractivity contribution in [2.24, 2.45) is 0 Å². The summed E-state index contributed by atoms with van der Waals surface area (Å²) in [6, 6.07) is 10.9. The maximum absolute atomic E-state index is 14.0. The highest BCUT2D eigenvalue weighted by molar-refractivity contribution is 6.30. The van der Waals surface area contributed by atoms with Gasteiger partial charge < -0.3 is 5.32 Å². The van der Waals surface area contributed by atoms with Gasteiger partial charge >= 0.3 is 0 Å². The molecule has 0 heterocycles. The largest absolute Gasteiger partial charge is 0.309 e. The molecule has 0 spiro atoms. The molecule has 1 nitrogen and oxygen atoms in total. The van der Waals surface area contributed by atoms with Crippen molar-refractivity contribution in [3.8, 4) is 0 Å². The van der Waals surface area contributed by atoms with E-state index >= 15 is 0 Å².